The summed E-state index contributed by atoms with van der Waals surface area (Å²) in [6.07, 6.45) is 0. The van der Waals surface area contributed by atoms with Crippen molar-refractivity contribution in [2.75, 3.05) is 0 Å². The maximum atomic E-state index is 11.2. The van der Waals surface area contributed by atoms with E-state index >= 15 is 0 Å². The second kappa shape index (κ2) is 13.7. The van der Waals surface area contributed by atoms with E-state index in [9.17, 15) is 10.0 Å². The fraction of sp³-hybridized carbons (Fsp3) is 0.125. The maximum absolute atomic E-state index is 11.2. The molecule has 1 fully saturated rings. The molecule has 0 saturated carbocycles. The Morgan fingerprint density at radius 3 is 1.54 bits per heavy atom. The second-order valence-corrected chi connectivity index (χ2v) is 21.1. The van der Waals surface area contributed by atoms with Crippen molar-refractivity contribution in [3.8, 4) is 55.6 Å². The van der Waals surface area contributed by atoms with Gasteiger partial charge in [-0.05, 0) is 172 Å². The third-order valence-corrected chi connectivity index (χ3v) is 17.4. The highest BCUT2D eigenvalue weighted by atomic mass is 16.7. The van der Waals surface area contributed by atoms with Gasteiger partial charge in [0.05, 0.1) is 22.0 Å². The molecule has 0 aromatic heterocycles. The largest absolute Gasteiger partial charge is 0.494 e. The predicted octanol–water partition coefficient (Wildman–Crippen LogP) is 12.3. The van der Waals surface area contributed by atoms with Gasteiger partial charge in [0.1, 0.15) is 0 Å². The monoisotopic (exact) mass is 900 g/mol. The van der Waals surface area contributed by atoms with E-state index in [0.29, 0.717) is 5.46 Å². The molecule has 1 heterocycles. The highest BCUT2D eigenvalue weighted by Gasteiger charge is 2.56. The topological polar surface area (TPSA) is 58.9 Å². The average molecular weight is 901 g/mol. The first kappa shape index (κ1) is 40.6. The van der Waals surface area contributed by atoms with Crippen LogP contribution >= 0.6 is 0 Å². The van der Waals surface area contributed by atoms with Crippen molar-refractivity contribution in [1.82, 2.24) is 0 Å². The van der Waals surface area contributed by atoms with E-state index in [0.717, 1.165) is 38.5 Å². The highest BCUT2D eigenvalue weighted by Crippen LogP contribution is 2.66. The Bertz CT molecular complexity index is 3920. The fourth-order valence-corrected chi connectivity index (χ4v) is 13.7. The van der Waals surface area contributed by atoms with Gasteiger partial charge in [0.25, 0.3) is 0 Å². The van der Waals surface area contributed by atoms with Crippen LogP contribution in [0.5, 0.6) is 0 Å². The van der Waals surface area contributed by atoms with E-state index in [4.69, 9.17) is 9.31 Å². The molecule has 0 radical (unpaired) electrons. The molecular formula is C64H46B2O4. The minimum absolute atomic E-state index is 0.475. The molecule has 332 valence electrons. The second-order valence-electron chi connectivity index (χ2n) is 21.1. The van der Waals surface area contributed by atoms with Crippen molar-refractivity contribution in [3.05, 3.63) is 239 Å². The van der Waals surface area contributed by atoms with Crippen molar-refractivity contribution in [3.63, 3.8) is 0 Å². The van der Waals surface area contributed by atoms with Crippen molar-refractivity contribution < 1.29 is 19.4 Å². The lowest BCUT2D eigenvalue weighted by atomic mass is 9.67. The first-order chi connectivity index (χ1) is 34.0. The average Bonchev–Trinajstić information content (AvgIpc) is 4.11. The van der Waals surface area contributed by atoms with Crippen LogP contribution in [0.3, 0.4) is 0 Å². The van der Waals surface area contributed by atoms with Crippen LogP contribution < -0.4 is 10.9 Å². The summed E-state index contributed by atoms with van der Waals surface area (Å²) in [4.78, 5) is 0. The van der Waals surface area contributed by atoms with Crippen molar-refractivity contribution in [2.24, 2.45) is 0 Å². The van der Waals surface area contributed by atoms with Crippen LogP contribution in [0.25, 0.3) is 77.2 Å². The molecule has 1 atom stereocenters. The van der Waals surface area contributed by atoms with Crippen molar-refractivity contribution in [2.45, 2.75) is 49.7 Å². The summed E-state index contributed by atoms with van der Waals surface area (Å²) in [6.45, 7) is 8.47. The van der Waals surface area contributed by atoms with E-state index in [2.05, 4.69) is 222 Å². The number of rotatable bonds is 3. The third kappa shape index (κ3) is 4.87. The Morgan fingerprint density at radius 1 is 0.371 bits per heavy atom. The summed E-state index contributed by atoms with van der Waals surface area (Å²) in [5.74, 6) is 0. The van der Waals surface area contributed by atoms with Crippen molar-refractivity contribution >= 4 is 46.7 Å². The van der Waals surface area contributed by atoms with Crippen LogP contribution in [0, 0.1) is 0 Å². The molecule has 1 unspecified atom stereocenters. The van der Waals surface area contributed by atoms with Gasteiger partial charge in [-0.3, -0.25) is 0 Å². The molecule has 15 rings (SSSR count). The molecule has 70 heavy (non-hydrogen) atoms. The summed E-state index contributed by atoms with van der Waals surface area (Å²) in [5, 5.41) is 26.8. The number of hydrogen-bond donors (Lipinski definition) is 2. The van der Waals surface area contributed by atoms with Gasteiger partial charge in [0, 0.05) is 0 Å². The fourth-order valence-electron chi connectivity index (χ4n) is 13.7. The zero-order valence-electron chi connectivity index (χ0n) is 39.3. The number of fused-ring (bicyclic) bond motifs is 24. The smallest absolute Gasteiger partial charge is 0.423 e. The molecule has 10 aromatic carbocycles. The molecule has 5 aliphatic rings. The molecule has 2 N–H and O–H groups in total. The minimum Gasteiger partial charge on any atom is -0.423 e. The normalized spacial score (nSPS) is 18.4. The van der Waals surface area contributed by atoms with Crippen molar-refractivity contribution in [1.29, 1.82) is 0 Å². The first-order valence-electron chi connectivity index (χ1n) is 24.6. The molecular weight excluding hydrogens is 854 g/mol. The van der Waals surface area contributed by atoms with E-state index in [1.165, 1.54) is 88.7 Å². The van der Waals surface area contributed by atoms with Crippen LogP contribution in [0.15, 0.2) is 194 Å². The van der Waals surface area contributed by atoms with Gasteiger partial charge in [-0.25, -0.2) is 0 Å². The van der Waals surface area contributed by atoms with Gasteiger partial charge >= 0.3 is 14.2 Å². The van der Waals surface area contributed by atoms with Crippen LogP contribution in [-0.2, 0) is 20.1 Å². The van der Waals surface area contributed by atoms with Gasteiger partial charge in [-0.2, -0.15) is 0 Å². The van der Waals surface area contributed by atoms with Crippen LogP contribution in [0.1, 0.15) is 72.2 Å². The predicted molar refractivity (Wildman–Crippen MR) is 285 cm³/mol. The summed E-state index contributed by atoms with van der Waals surface area (Å²) in [5.41, 5.74) is 20.9. The Balaban J connectivity index is 0.965. The summed E-state index contributed by atoms with van der Waals surface area (Å²) >= 11 is 0. The molecule has 0 amide bonds. The van der Waals surface area contributed by atoms with Crippen LogP contribution in [-0.4, -0.2) is 35.5 Å². The van der Waals surface area contributed by atoms with E-state index in [-0.39, 0.29) is 0 Å². The van der Waals surface area contributed by atoms with Gasteiger partial charge < -0.3 is 19.4 Å². The van der Waals surface area contributed by atoms with Gasteiger partial charge in [-0.15, -0.1) is 0 Å². The Labute approximate surface area is 408 Å². The molecule has 4 aliphatic carbocycles. The van der Waals surface area contributed by atoms with Gasteiger partial charge in [0.2, 0.25) is 0 Å². The molecule has 1 saturated heterocycles. The maximum Gasteiger partial charge on any atom is 0.494 e. The summed E-state index contributed by atoms with van der Waals surface area (Å²) in [6, 6.07) is 71.2. The van der Waals surface area contributed by atoms with Gasteiger partial charge in [-0.1, -0.05) is 182 Å². The highest BCUT2D eigenvalue weighted by molar-refractivity contribution is 6.62. The van der Waals surface area contributed by atoms with E-state index in [1.54, 1.807) is 0 Å². The minimum atomic E-state index is -1.67. The van der Waals surface area contributed by atoms with E-state index in [1.807, 2.05) is 0 Å². The lowest BCUT2D eigenvalue weighted by molar-refractivity contribution is 0.00578. The Morgan fingerprint density at radius 2 is 0.871 bits per heavy atom. The summed E-state index contributed by atoms with van der Waals surface area (Å²) in [7, 11) is -2.17. The summed E-state index contributed by atoms with van der Waals surface area (Å²) < 4.78 is 13.4. The number of hydrogen-bond acceptors (Lipinski definition) is 4. The zero-order valence-corrected chi connectivity index (χ0v) is 39.3. The molecule has 6 heteroatoms. The quantitative estimate of drug-likeness (QED) is 0.174. The SMILES string of the molecule is CC1(C)OB(c2ccc3c(c2)C2(c4ccccc4-c4cc(-c5ccc6c(B(O)O)cc7c(c6c5)-c5ccccc5C75c6ccccc6-c6ccccc65)ccc42)c2ccc4ccccc4c2-3)OC1(C)C. The molecule has 1 aliphatic heterocycles. The first-order valence-corrected chi connectivity index (χ1v) is 24.6. The Kier molecular flexibility index (Phi) is 7.95. The molecule has 4 nitrogen and oxygen atoms in total. The van der Waals surface area contributed by atoms with Gasteiger partial charge in [0.15, 0.2) is 0 Å². The molecule has 0 bridgehead atoms. The molecule has 10 aromatic rings. The third-order valence-electron chi connectivity index (χ3n) is 17.4. The van der Waals surface area contributed by atoms with Crippen LogP contribution in [0.4, 0.5) is 0 Å². The van der Waals surface area contributed by atoms with Crippen LogP contribution in [0.2, 0.25) is 0 Å². The standard InChI is InChI=1S/C64H46B2O4/c1-61(2)62(3,4)70-66(69-61)40-28-30-47-56(35-40)64(55-32-26-37-15-5-6-16-41(37)59(47)55)52-23-13-9-19-44(52)48-33-39(27-31-54(48)64)38-25-29-45-49(34-38)60-46-20-10-14-24-53(46)63(57(60)36-58(45)65(67)68)50-21-11-7-17-42(50)43-18-8-12-22-51(43)63/h5-36,67-68H,1-4H3. The lowest BCUT2D eigenvalue weighted by Gasteiger charge is -2.32. The molecule has 2 spiro atoms. The lowest BCUT2D eigenvalue weighted by Crippen LogP contribution is -2.41. The van der Waals surface area contributed by atoms with E-state index < -0.39 is 36.3 Å². The Hall–Kier alpha value is -7.31. The number of benzene rings is 10. The zero-order chi connectivity index (χ0) is 47.1.